The number of aliphatic carboxylic acids is 1. The number of carboxylic acids is 1. The number of aromatic nitrogens is 3. The van der Waals surface area contributed by atoms with Crippen LogP contribution in [0.5, 0.6) is 0 Å². The van der Waals surface area contributed by atoms with E-state index < -0.39 is 23.9 Å². The molecule has 0 atom stereocenters. The Kier molecular flexibility index (Phi) is 2.07. The van der Waals surface area contributed by atoms with E-state index in [4.69, 9.17) is 5.11 Å². The van der Waals surface area contributed by atoms with Gasteiger partial charge in [-0.05, 0) is 0 Å². The number of fused-ring (bicyclic) bond motifs is 1. The van der Waals surface area contributed by atoms with Crippen LogP contribution in [0.15, 0.2) is 21.7 Å². The summed E-state index contributed by atoms with van der Waals surface area (Å²) in [4.78, 5) is 33.6. The molecule has 0 aromatic carbocycles. The fourth-order valence-corrected chi connectivity index (χ4v) is 1.54. The quantitative estimate of drug-likeness (QED) is 0.601. The Morgan fingerprint density at radius 1 is 1.20 bits per heavy atom. The summed E-state index contributed by atoms with van der Waals surface area (Å²) in [5.41, 5.74) is -1.15. The highest BCUT2D eigenvalue weighted by atomic mass is 16.4. The fraction of sp³-hybridized carbons (Fsp3) is 0.375. The van der Waals surface area contributed by atoms with Crippen LogP contribution in [0.3, 0.4) is 0 Å². The first kappa shape index (κ1) is 9.50. The molecule has 7 nitrogen and oxygen atoms in total. The highest BCUT2D eigenvalue weighted by molar-refractivity contribution is 5.66. The number of hydrogen-bond donors (Lipinski definition) is 1. The molecule has 2 rings (SSSR count). The number of allylic oxidation sites excluding steroid dienone is 2. The fourth-order valence-electron chi connectivity index (χ4n) is 1.54. The summed E-state index contributed by atoms with van der Waals surface area (Å²) in [6, 6.07) is 0. The Bertz CT molecular complexity index is 506. The molecule has 15 heavy (non-hydrogen) atoms. The Balaban J connectivity index is 2.59. The maximum Gasteiger partial charge on any atom is 0.348 e. The van der Waals surface area contributed by atoms with E-state index in [-0.39, 0.29) is 0 Å². The Hall–Kier alpha value is -2.05. The smallest absolute Gasteiger partial charge is 0.348 e. The van der Waals surface area contributed by atoms with Gasteiger partial charge in [-0.25, -0.2) is 23.5 Å². The molecule has 1 aromatic rings. The van der Waals surface area contributed by atoms with Crippen molar-refractivity contribution in [3.8, 4) is 0 Å². The minimum atomic E-state index is -1.20. The molecule has 0 spiro atoms. The highest BCUT2D eigenvalue weighted by Crippen LogP contribution is 1.92. The third-order valence-electron chi connectivity index (χ3n) is 2.21. The molecule has 0 unspecified atom stereocenters. The Morgan fingerprint density at radius 2 is 1.67 bits per heavy atom. The second-order valence-electron chi connectivity index (χ2n) is 3.18. The van der Waals surface area contributed by atoms with Crippen LogP contribution in [0.4, 0.5) is 0 Å². The number of carboxylic acid groups (broad SMARTS) is 1. The minimum absolute atomic E-state index is 0.306. The van der Waals surface area contributed by atoms with Crippen LogP contribution in [-0.4, -0.2) is 25.0 Å². The lowest BCUT2D eigenvalue weighted by Crippen LogP contribution is -2.31. The van der Waals surface area contributed by atoms with Gasteiger partial charge in [0.1, 0.15) is 6.54 Å². The van der Waals surface area contributed by atoms with Gasteiger partial charge in [0.25, 0.3) is 0 Å². The summed E-state index contributed by atoms with van der Waals surface area (Å²) < 4.78 is 3.17. The second kappa shape index (κ2) is 3.26. The van der Waals surface area contributed by atoms with Crippen molar-refractivity contribution < 1.29 is 9.90 Å². The van der Waals surface area contributed by atoms with Crippen molar-refractivity contribution in [2.45, 2.75) is 19.6 Å². The molecule has 2 heterocycles. The van der Waals surface area contributed by atoms with Crippen molar-refractivity contribution in [3.63, 3.8) is 0 Å². The first-order valence-corrected chi connectivity index (χ1v) is 4.38. The molecule has 0 amide bonds. The molecule has 80 valence electrons. The van der Waals surface area contributed by atoms with E-state index in [0.717, 1.165) is 4.57 Å². The molecule has 7 heteroatoms. The molecule has 1 aliphatic heterocycles. The van der Waals surface area contributed by atoms with Crippen molar-refractivity contribution in [1.29, 1.82) is 0 Å². The van der Waals surface area contributed by atoms with Crippen LogP contribution in [0.1, 0.15) is 0 Å². The lowest BCUT2D eigenvalue weighted by atomic mass is 10.4. The lowest BCUT2D eigenvalue weighted by molar-refractivity contribution is -0.137. The van der Waals surface area contributed by atoms with E-state index in [1.807, 2.05) is 0 Å². The molecule has 0 saturated heterocycles. The zero-order chi connectivity index (χ0) is 11.0. The van der Waals surface area contributed by atoms with Gasteiger partial charge in [-0.3, -0.25) is 4.79 Å². The molecule has 0 saturated carbocycles. The predicted molar refractivity (Wildman–Crippen MR) is 49.7 cm³/mol. The average Bonchev–Trinajstić information content (AvgIpc) is 2.44. The van der Waals surface area contributed by atoms with Crippen LogP contribution in [-0.2, 0) is 24.4 Å². The van der Waals surface area contributed by atoms with Gasteiger partial charge in [-0.1, -0.05) is 12.2 Å². The monoisotopic (exact) mass is 211 g/mol. The number of carbonyl (C=O) groups is 1. The maximum absolute atomic E-state index is 11.6. The molecule has 1 N–H and O–H groups in total. The van der Waals surface area contributed by atoms with E-state index in [9.17, 15) is 14.4 Å². The van der Waals surface area contributed by atoms with Crippen LogP contribution < -0.4 is 11.4 Å². The number of nitrogens with zero attached hydrogens (tertiary/aromatic N) is 3. The van der Waals surface area contributed by atoms with Gasteiger partial charge in [0.2, 0.25) is 0 Å². The number of hydrogen-bond acceptors (Lipinski definition) is 3. The molecule has 1 aliphatic rings. The van der Waals surface area contributed by atoms with Gasteiger partial charge in [0.15, 0.2) is 0 Å². The van der Waals surface area contributed by atoms with Crippen molar-refractivity contribution in [1.82, 2.24) is 13.9 Å². The molecule has 1 aromatic heterocycles. The summed E-state index contributed by atoms with van der Waals surface area (Å²) in [6.07, 6.45) is 3.51. The second-order valence-corrected chi connectivity index (χ2v) is 3.18. The third kappa shape index (κ3) is 1.41. The van der Waals surface area contributed by atoms with Gasteiger partial charge in [-0.2, -0.15) is 0 Å². The minimum Gasteiger partial charge on any atom is -0.480 e. The van der Waals surface area contributed by atoms with Crippen LogP contribution in [0.2, 0.25) is 0 Å². The van der Waals surface area contributed by atoms with Gasteiger partial charge < -0.3 is 5.11 Å². The van der Waals surface area contributed by atoms with Crippen molar-refractivity contribution in [2.75, 3.05) is 0 Å². The summed E-state index contributed by atoms with van der Waals surface area (Å²) >= 11 is 0. The van der Waals surface area contributed by atoms with E-state index in [1.165, 1.54) is 9.36 Å². The summed E-state index contributed by atoms with van der Waals surface area (Å²) in [5.74, 6) is -1.20. The predicted octanol–water partition coefficient (Wildman–Crippen LogP) is -1.53. The van der Waals surface area contributed by atoms with Gasteiger partial charge >= 0.3 is 17.3 Å². The normalized spacial score (nSPS) is 13.9. The van der Waals surface area contributed by atoms with E-state index >= 15 is 0 Å². The molecular weight excluding hydrogens is 202 g/mol. The average molecular weight is 211 g/mol. The van der Waals surface area contributed by atoms with Crippen LogP contribution in [0.25, 0.3) is 0 Å². The van der Waals surface area contributed by atoms with Gasteiger partial charge in [0, 0.05) is 0 Å². The topological polar surface area (TPSA) is 86.2 Å². The van der Waals surface area contributed by atoms with Crippen molar-refractivity contribution in [3.05, 3.63) is 33.1 Å². The summed E-state index contributed by atoms with van der Waals surface area (Å²) in [5, 5.41) is 8.54. The Morgan fingerprint density at radius 3 is 2.07 bits per heavy atom. The zero-order valence-corrected chi connectivity index (χ0v) is 7.79. The SMILES string of the molecule is O=C(O)Cn1c(=O)n2n(c1=O)CC=CC2. The molecule has 0 bridgehead atoms. The van der Waals surface area contributed by atoms with E-state index in [1.54, 1.807) is 12.2 Å². The number of rotatable bonds is 2. The van der Waals surface area contributed by atoms with Crippen LogP contribution in [0, 0.1) is 0 Å². The third-order valence-corrected chi connectivity index (χ3v) is 2.21. The van der Waals surface area contributed by atoms with E-state index in [0.29, 0.717) is 13.1 Å². The van der Waals surface area contributed by atoms with Gasteiger partial charge in [-0.15, -0.1) is 0 Å². The molecular formula is C8H9N3O4. The molecule has 0 fully saturated rings. The maximum atomic E-state index is 11.6. The first-order chi connectivity index (χ1) is 7.11. The standard InChI is InChI=1S/C8H9N3O4/c12-6(13)5-9-7(14)10-3-1-2-4-11(10)8(9)15/h1-2H,3-5H2,(H,12,13). The summed E-state index contributed by atoms with van der Waals surface area (Å²) in [7, 11) is 0. The molecule has 0 aliphatic carbocycles. The highest BCUT2D eigenvalue weighted by Gasteiger charge is 2.17. The molecule has 0 radical (unpaired) electrons. The van der Waals surface area contributed by atoms with Crippen LogP contribution >= 0.6 is 0 Å². The zero-order valence-electron chi connectivity index (χ0n) is 7.79. The first-order valence-electron chi connectivity index (χ1n) is 4.38. The lowest BCUT2D eigenvalue weighted by Gasteiger charge is -2.08. The largest absolute Gasteiger partial charge is 0.480 e. The van der Waals surface area contributed by atoms with Crippen molar-refractivity contribution in [2.24, 2.45) is 0 Å². The Labute approximate surface area is 83.5 Å². The van der Waals surface area contributed by atoms with E-state index in [2.05, 4.69) is 0 Å². The summed E-state index contributed by atoms with van der Waals surface area (Å²) in [6.45, 7) is 0.0199. The van der Waals surface area contributed by atoms with Crippen molar-refractivity contribution >= 4 is 5.97 Å². The van der Waals surface area contributed by atoms with Gasteiger partial charge in [0.05, 0.1) is 13.1 Å².